The Hall–Kier alpha value is -1.47. The first kappa shape index (κ1) is 14.5. The molecular formula is C14H22N4O3. The van der Waals surface area contributed by atoms with Crippen LogP contribution in [-0.4, -0.2) is 65.7 Å². The third-order valence-corrected chi connectivity index (χ3v) is 4.09. The van der Waals surface area contributed by atoms with E-state index in [1.165, 1.54) is 0 Å². The number of rotatable bonds is 4. The molecule has 1 saturated carbocycles. The van der Waals surface area contributed by atoms with Crippen molar-refractivity contribution in [1.82, 2.24) is 19.9 Å². The summed E-state index contributed by atoms with van der Waals surface area (Å²) < 4.78 is 11.1. The largest absolute Gasteiger partial charge is 0.375 e. The Kier molecular flexibility index (Phi) is 3.95. The van der Waals surface area contributed by atoms with Crippen molar-refractivity contribution in [3.63, 3.8) is 0 Å². The topological polar surface area (TPSA) is 71.7 Å². The van der Waals surface area contributed by atoms with Crippen LogP contribution in [0.25, 0.3) is 0 Å². The van der Waals surface area contributed by atoms with Gasteiger partial charge in [-0.3, -0.25) is 9.69 Å². The lowest BCUT2D eigenvalue weighted by Crippen LogP contribution is -2.48. The molecule has 0 N–H and O–H groups in total. The van der Waals surface area contributed by atoms with Gasteiger partial charge >= 0.3 is 0 Å². The maximum absolute atomic E-state index is 12.0. The molecule has 1 aliphatic heterocycles. The summed E-state index contributed by atoms with van der Waals surface area (Å²) in [5.74, 6) is 1.88. The van der Waals surface area contributed by atoms with Gasteiger partial charge in [0.05, 0.1) is 19.3 Å². The molecule has 0 aromatic carbocycles. The first-order valence-corrected chi connectivity index (χ1v) is 7.45. The van der Waals surface area contributed by atoms with Gasteiger partial charge in [0.1, 0.15) is 6.04 Å². The predicted molar refractivity (Wildman–Crippen MR) is 74.7 cm³/mol. The second kappa shape index (κ2) is 5.73. The molecule has 0 unspecified atom stereocenters. The van der Waals surface area contributed by atoms with Crippen LogP contribution in [0.2, 0.25) is 0 Å². The van der Waals surface area contributed by atoms with E-state index in [0.717, 1.165) is 18.7 Å². The fraction of sp³-hybridized carbons (Fsp3) is 0.786. The molecule has 21 heavy (non-hydrogen) atoms. The molecule has 116 valence electrons. The standard InChI is InChI=1S/C14H22N4O3/c1-9-12(14-15-13(16-21-14)10-4-5-10)18(6-7-20-9)8-11(19)17(2)3/h9-10,12H,4-8H2,1-3H3/t9-,12+/m1/s1. The van der Waals surface area contributed by atoms with Crippen LogP contribution in [-0.2, 0) is 9.53 Å². The van der Waals surface area contributed by atoms with Crippen LogP contribution < -0.4 is 0 Å². The van der Waals surface area contributed by atoms with Crippen LogP contribution in [0, 0.1) is 0 Å². The molecule has 3 rings (SSSR count). The Morgan fingerprint density at radius 1 is 1.43 bits per heavy atom. The van der Waals surface area contributed by atoms with Gasteiger partial charge in [-0.15, -0.1) is 0 Å². The smallest absolute Gasteiger partial charge is 0.246 e. The summed E-state index contributed by atoms with van der Waals surface area (Å²) in [7, 11) is 3.53. The van der Waals surface area contributed by atoms with Crippen molar-refractivity contribution in [1.29, 1.82) is 0 Å². The number of hydrogen-bond donors (Lipinski definition) is 0. The van der Waals surface area contributed by atoms with Crippen LogP contribution in [0.5, 0.6) is 0 Å². The highest BCUT2D eigenvalue weighted by molar-refractivity contribution is 5.77. The second-order valence-electron chi connectivity index (χ2n) is 6.04. The van der Waals surface area contributed by atoms with Gasteiger partial charge in [0.25, 0.3) is 0 Å². The number of aromatic nitrogens is 2. The van der Waals surface area contributed by atoms with E-state index in [0.29, 0.717) is 31.5 Å². The molecule has 1 amide bonds. The van der Waals surface area contributed by atoms with Crippen LogP contribution in [0.15, 0.2) is 4.52 Å². The molecule has 1 aromatic heterocycles. The maximum Gasteiger partial charge on any atom is 0.246 e. The quantitative estimate of drug-likeness (QED) is 0.818. The van der Waals surface area contributed by atoms with Crippen molar-refractivity contribution in [3.8, 4) is 0 Å². The monoisotopic (exact) mass is 294 g/mol. The molecule has 2 atom stereocenters. The number of carbonyl (C=O) groups excluding carboxylic acids is 1. The van der Waals surface area contributed by atoms with Crippen molar-refractivity contribution in [2.75, 3.05) is 33.8 Å². The fourth-order valence-electron chi connectivity index (χ4n) is 2.61. The number of nitrogens with zero attached hydrogens (tertiary/aromatic N) is 4. The first-order chi connectivity index (χ1) is 10.1. The average molecular weight is 294 g/mol. The molecule has 0 spiro atoms. The summed E-state index contributed by atoms with van der Waals surface area (Å²) in [6, 6.07) is -0.150. The van der Waals surface area contributed by atoms with E-state index >= 15 is 0 Å². The maximum atomic E-state index is 12.0. The van der Waals surface area contributed by atoms with Gasteiger partial charge in [-0.25, -0.2) is 0 Å². The SMILES string of the molecule is C[C@H]1OCCN(CC(=O)N(C)C)[C@@H]1c1nc(C2CC2)no1. The summed E-state index contributed by atoms with van der Waals surface area (Å²) in [4.78, 5) is 20.2. The van der Waals surface area contributed by atoms with Gasteiger partial charge in [-0.1, -0.05) is 5.16 Å². The Morgan fingerprint density at radius 2 is 2.19 bits per heavy atom. The van der Waals surface area contributed by atoms with E-state index in [1.54, 1.807) is 19.0 Å². The summed E-state index contributed by atoms with van der Waals surface area (Å²) in [6.45, 7) is 3.63. The van der Waals surface area contributed by atoms with Crippen molar-refractivity contribution in [2.45, 2.75) is 37.8 Å². The fourth-order valence-corrected chi connectivity index (χ4v) is 2.61. The Bertz CT molecular complexity index is 512. The van der Waals surface area contributed by atoms with Crippen LogP contribution in [0.3, 0.4) is 0 Å². The van der Waals surface area contributed by atoms with E-state index in [9.17, 15) is 4.79 Å². The molecular weight excluding hydrogens is 272 g/mol. The molecule has 0 bridgehead atoms. The lowest BCUT2D eigenvalue weighted by Gasteiger charge is -2.37. The van der Waals surface area contributed by atoms with E-state index in [4.69, 9.17) is 9.26 Å². The molecule has 7 heteroatoms. The molecule has 1 aromatic rings. The summed E-state index contributed by atoms with van der Waals surface area (Å²) in [6.07, 6.45) is 2.21. The number of morpholine rings is 1. The Balaban J connectivity index is 1.77. The van der Waals surface area contributed by atoms with Crippen LogP contribution >= 0.6 is 0 Å². The van der Waals surface area contributed by atoms with E-state index in [2.05, 4.69) is 15.0 Å². The minimum absolute atomic E-state index is 0.0658. The van der Waals surface area contributed by atoms with Crippen molar-refractivity contribution in [2.24, 2.45) is 0 Å². The van der Waals surface area contributed by atoms with Gasteiger partial charge < -0.3 is 14.2 Å². The second-order valence-corrected chi connectivity index (χ2v) is 6.04. The molecule has 2 aliphatic rings. The third kappa shape index (κ3) is 3.08. The molecule has 2 fully saturated rings. The van der Waals surface area contributed by atoms with E-state index in [1.807, 2.05) is 6.92 Å². The number of ether oxygens (including phenoxy) is 1. The molecule has 2 heterocycles. The molecule has 1 saturated heterocycles. The number of amides is 1. The normalized spacial score (nSPS) is 26.8. The Morgan fingerprint density at radius 3 is 2.86 bits per heavy atom. The average Bonchev–Trinajstić information content (AvgIpc) is 3.18. The van der Waals surface area contributed by atoms with Gasteiger partial charge in [-0.05, 0) is 19.8 Å². The summed E-state index contributed by atoms with van der Waals surface area (Å²) in [5.41, 5.74) is 0. The lowest BCUT2D eigenvalue weighted by atomic mass is 10.1. The third-order valence-electron chi connectivity index (χ3n) is 4.09. The van der Waals surface area contributed by atoms with Crippen molar-refractivity contribution < 1.29 is 14.1 Å². The zero-order valence-corrected chi connectivity index (χ0v) is 12.8. The van der Waals surface area contributed by atoms with Crippen LogP contribution in [0.4, 0.5) is 0 Å². The highest BCUT2D eigenvalue weighted by Crippen LogP contribution is 2.39. The summed E-state index contributed by atoms with van der Waals surface area (Å²) in [5, 5.41) is 4.07. The van der Waals surface area contributed by atoms with Crippen molar-refractivity contribution >= 4 is 5.91 Å². The van der Waals surface area contributed by atoms with E-state index < -0.39 is 0 Å². The number of carbonyl (C=O) groups is 1. The predicted octanol–water partition coefficient (Wildman–Crippen LogP) is 0.797. The highest BCUT2D eigenvalue weighted by Gasteiger charge is 2.38. The lowest BCUT2D eigenvalue weighted by molar-refractivity contribution is -0.135. The summed E-state index contributed by atoms with van der Waals surface area (Å²) >= 11 is 0. The molecule has 0 radical (unpaired) electrons. The van der Waals surface area contributed by atoms with Gasteiger partial charge in [0.15, 0.2) is 5.82 Å². The zero-order chi connectivity index (χ0) is 15.0. The molecule has 1 aliphatic carbocycles. The molecule has 7 nitrogen and oxygen atoms in total. The van der Waals surface area contributed by atoms with Gasteiger partial charge in [0.2, 0.25) is 11.8 Å². The zero-order valence-electron chi connectivity index (χ0n) is 12.8. The minimum atomic E-state index is -0.150. The van der Waals surface area contributed by atoms with Gasteiger partial charge in [0, 0.05) is 26.6 Å². The minimum Gasteiger partial charge on any atom is -0.375 e. The Labute approximate surface area is 124 Å². The van der Waals surface area contributed by atoms with Gasteiger partial charge in [-0.2, -0.15) is 4.98 Å². The first-order valence-electron chi connectivity index (χ1n) is 7.45. The van der Waals surface area contributed by atoms with Crippen LogP contribution in [0.1, 0.15) is 43.4 Å². The highest BCUT2D eigenvalue weighted by atomic mass is 16.5. The number of likely N-dealkylation sites (N-methyl/N-ethyl adjacent to an activating group) is 1. The van der Waals surface area contributed by atoms with Crippen molar-refractivity contribution in [3.05, 3.63) is 11.7 Å². The number of hydrogen-bond acceptors (Lipinski definition) is 6. The van der Waals surface area contributed by atoms with E-state index in [-0.39, 0.29) is 18.1 Å².